The molecule has 0 aliphatic heterocycles. The van der Waals surface area contributed by atoms with Crippen molar-refractivity contribution in [3.8, 4) is 0 Å². The van der Waals surface area contributed by atoms with E-state index in [1.165, 1.54) is 0 Å². The molecule has 1 heterocycles. The molecule has 0 spiro atoms. The zero-order valence-electron chi connectivity index (χ0n) is 6.66. The highest BCUT2D eigenvalue weighted by atomic mass is 16.1. The second-order valence-corrected chi connectivity index (χ2v) is 2.36. The number of hydrogen-bond acceptors (Lipinski definition) is 3. The monoisotopic (exact) mass is 150 g/mol. The van der Waals surface area contributed by atoms with Crippen molar-refractivity contribution in [2.24, 2.45) is 0 Å². The molecule has 1 aromatic rings. The Kier molecular flexibility index (Phi) is 2.31. The zero-order valence-corrected chi connectivity index (χ0v) is 6.66. The Labute approximate surface area is 65.5 Å². The van der Waals surface area contributed by atoms with Crippen LogP contribution in [0.25, 0.3) is 0 Å². The van der Waals surface area contributed by atoms with Gasteiger partial charge in [0, 0.05) is 18.8 Å². The van der Waals surface area contributed by atoms with Crippen LogP contribution in [0.5, 0.6) is 0 Å². The third-order valence-electron chi connectivity index (χ3n) is 1.35. The van der Waals surface area contributed by atoms with Crippen molar-refractivity contribution in [2.75, 3.05) is 0 Å². The van der Waals surface area contributed by atoms with Crippen molar-refractivity contribution >= 4 is 5.78 Å². The standard InChI is InChI=1S/C8H10N2O/c1-3-7(11)8-9-4-6(2)5-10-8/h4-5H,3H2,1-2H3. The summed E-state index contributed by atoms with van der Waals surface area (Å²) in [5.74, 6) is 0.308. The first-order valence-electron chi connectivity index (χ1n) is 3.56. The first kappa shape index (κ1) is 7.85. The van der Waals surface area contributed by atoms with Gasteiger partial charge in [-0.3, -0.25) is 4.79 Å². The van der Waals surface area contributed by atoms with Gasteiger partial charge < -0.3 is 0 Å². The molecule has 1 aromatic heterocycles. The third kappa shape index (κ3) is 1.83. The van der Waals surface area contributed by atoms with Crippen molar-refractivity contribution in [1.29, 1.82) is 0 Å². The summed E-state index contributed by atoms with van der Waals surface area (Å²) in [6.07, 6.45) is 3.76. The first-order chi connectivity index (χ1) is 5.24. The van der Waals surface area contributed by atoms with Gasteiger partial charge in [-0.25, -0.2) is 9.97 Å². The summed E-state index contributed by atoms with van der Waals surface area (Å²) < 4.78 is 0. The highest BCUT2D eigenvalue weighted by Gasteiger charge is 2.03. The minimum atomic E-state index is -0.00926. The van der Waals surface area contributed by atoms with Crippen molar-refractivity contribution in [1.82, 2.24) is 9.97 Å². The number of carbonyl (C=O) groups excluding carboxylic acids is 1. The van der Waals surface area contributed by atoms with Gasteiger partial charge in [0.2, 0.25) is 0 Å². The number of aromatic nitrogens is 2. The van der Waals surface area contributed by atoms with Crippen molar-refractivity contribution in [3.05, 3.63) is 23.8 Å². The van der Waals surface area contributed by atoms with Crippen molar-refractivity contribution in [2.45, 2.75) is 20.3 Å². The van der Waals surface area contributed by atoms with Gasteiger partial charge in [0.1, 0.15) is 0 Å². The Morgan fingerprint density at radius 3 is 2.45 bits per heavy atom. The van der Waals surface area contributed by atoms with Crippen molar-refractivity contribution in [3.63, 3.8) is 0 Å². The SMILES string of the molecule is CCC(=O)c1ncc(C)cn1. The van der Waals surface area contributed by atoms with E-state index in [1.54, 1.807) is 19.3 Å². The Bertz CT molecular complexity index is 253. The van der Waals surface area contributed by atoms with Crippen LogP contribution in [-0.4, -0.2) is 15.8 Å². The number of nitrogens with zero attached hydrogens (tertiary/aromatic N) is 2. The average Bonchev–Trinajstić information content (AvgIpc) is 2.05. The fourth-order valence-corrected chi connectivity index (χ4v) is 0.695. The number of hydrogen-bond donors (Lipinski definition) is 0. The van der Waals surface area contributed by atoms with Gasteiger partial charge in [-0.2, -0.15) is 0 Å². The van der Waals surface area contributed by atoms with Crippen molar-refractivity contribution < 1.29 is 4.79 Å². The second-order valence-electron chi connectivity index (χ2n) is 2.36. The molecule has 0 saturated carbocycles. The minimum absolute atomic E-state index is 0.00926. The van der Waals surface area contributed by atoms with Crippen LogP contribution in [0, 0.1) is 6.92 Å². The molecular formula is C8H10N2O. The van der Waals surface area contributed by atoms with Crippen LogP contribution in [0.1, 0.15) is 29.5 Å². The highest BCUT2D eigenvalue weighted by Crippen LogP contribution is 1.96. The zero-order chi connectivity index (χ0) is 8.27. The molecule has 0 radical (unpaired) electrons. The fraction of sp³-hybridized carbons (Fsp3) is 0.375. The quantitative estimate of drug-likeness (QED) is 0.598. The number of aryl methyl sites for hydroxylation is 1. The number of ketones is 1. The molecule has 0 aromatic carbocycles. The summed E-state index contributed by atoms with van der Waals surface area (Å²) in [5.41, 5.74) is 0.970. The summed E-state index contributed by atoms with van der Waals surface area (Å²) in [5, 5.41) is 0. The van der Waals surface area contributed by atoms with Crippen LogP contribution < -0.4 is 0 Å². The highest BCUT2D eigenvalue weighted by molar-refractivity contribution is 5.92. The number of Topliss-reactive ketones (excluding diaryl/α,β-unsaturated/α-hetero) is 1. The van der Waals surface area contributed by atoms with E-state index in [0.29, 0.717) is 12.2 Å². The molecule has 1 rings (SSSR count). The molecule has 0 unspecified atom stereocenters. The van der Waals surface area contributed by atoms with E-state index in [-0.39, 0.29) is 5.78 Å². The van der Waals surface area contributed by atoms with Crippen LogP contribution in [0.3, 0.4) is 0 Å². The van der Waals surface area contributed by atoms with Gasteiger partial charge in [-0.15, -0.1) is 0 Å². The number of rotatable bonds is 2. The lowest BCUT2D eigenvalue weighted by atomic mass is 10.3. The Morgan fingerprint density at radius 1 is 1.45 bits per heavy atom. The Hall–Kier alpha value is -1.25. The molecule has 0 aliphatic rings. The van der Waals surface area contributed by atoms with E-state index < -0.39 is 0 Å². The van der Waals surface area contributed by atoms with E-state index in [2.05, 4.69) is 9.97 Å². The maximum Gasteiger partial charge on any atom is 0.199 e. The van der Waals surface area contributed by atoms with E-state index >= 15 is 0 Å². The summed E-state index contributed by atoms with van der Waals surface area (Å²) >= 11 is 0. The van der Waals surface area contributed by atoms with Crippen LogP contribution in [-0.2, 0) is 0 Å². The van der Waals surface area contributed by atoms with E-state index in [1.807, 2.05) is 6.92 Å². The molecule has 3 nitrogen and oxygen atoms in total. The molecular weight excluding hydrogens is 140 g/mol. The lowest BCUT2D eigenvalue weighted by molar-refractivity contribution is 0.0978. The van der Waals surface area contributed by atoms with Crippen LogP contribution in [0.15, 0.2) is 12.4 Å². The molecule has 0 fully saturated rings. The first-order valence-corrected chi connectivity index (χ1v) is 3.56. The van der Waals surface area contributed by atoms with Gasteiger partial charge in [0.25, 0.3) is 0 Å². The largest absolute Gasteiger partial charge is 0.291 e. The average molecular weight is 150 g/mol. The maximum atomic E-state index is 11.0. The van der Waals surface area contributed by atoms with E-state index in [9.17, 15) is 4.79 Å². The molecule has 0 N–H and O–H groups in total. The smallest absolute Gasteiger partial charge is 0.199 e. The molecule has 11 heavy (non-hydrogen) atoms. The predicted octanol–water partition coefficient (Wildman–Crippen LogP) is 1.38. The van der Waals surface area contributed by atoms with Gasteiger partial charge in [0.05, 0.1) is 0 Å². The lowest BCUT2D eigenvalue weighted by Gasteiger charge is -1.94. The summed E-state index contributed by atoms with van der Waals surface area (Å²) in [6.45, 7) is 3.69. The Balaban J connectivity index is 2.90. The minimum Gasteiger partial charge on any atom is -0.291 e. The summed E-state index contributed by atoms with van der Waals surface area (Å²) in [4.78, 5) is 18.8. The van der Waals surface area contributed by atoms with Gasteiger partial charge in [-0.05, 0) is 12.5 Å². The molecule has 0 aliphatic carbocycles. The predicted molar refractivity (Wildman–Crippen MR) is 41.4 cm³/mol. The van der Waals surface area contributed by atoms with Crippen LogP contribution in [0.4, 0.5) is 0 Å². The summed E-state index contributed by atoms with van der Waals surface area (Å²) in [7, 11) is 0. The van der Waals surface area contributed by atoms with Crippen LogP contribution in [0.2, 0.25) is 0 Å². The molecule has 58 valence electrons. The molecule has 0 saturated heterocycles. The lowest BCUT2D eigenvalue weighted by Crippen LogP contribution is -2.03. The number of carbonyl (C=O) groups is 1. The molecule has 0 amide bonds. The van der Waals surface area contributed by atoms with Gasteiger partial charge in [0.15, 0.2) is 11.6 Å². The molecule has 3 heteroatoms. The topological polar surface area (TPSA) is 42.9 Å². The van der Waals surface area contributed by atoms with Crippen LogP contribution >= 0.6 is 0 Å². The fourth-order valence-electron chi connectivity index (χ4n) is 0.695. The summed E-state index contributed by atoms with van der Waals surface area (Å²) in [6, 6.07) is 0. The van der Waals surface area contributed by atoms with Gasteiger partial charge >= 0.3 is 0 Å². The molecule has 0 bridgehead atoms. The third-order valence-corrected chi connectivity index (χ3v) is 1.35. The molecule has 0 atom stereocenters. The van der Waals surface area contributed by atoms with E-state index in [0.717, 1.165) is 5.56 Å². The Morgan fingerprint density at radius 2 is 2.00 bits per heavy atom. The maximum absolute atomic E-state index is 11.0. The van der Waals surface area contributed by atoms with Gasteiger partial charge in [-0.1, -0.05) is 6.92 Å². The second kappa shape index (κ2) is 3.23. The normalized spacial score (nSPS) is 9.64. The van der Waals surface area contributed by atoms with E-state index in [4.69, 9.17) is 0 Å².